The number of hydrogen-bond acceptors (Lipinski definition) is 4. The molecule has 1 aliphatic heterocycles. The van der Waals surface area contributed by atoms with Gasteiger partial charge in [0.05, 0.1) is 24.9 Å². The highest BCUT2D eigenvalue weighted by Gasteiger charge is 2.30. The Morgan fingerprint density at radius 1 is 1.26 bits per heavy atom. The lowest BCUT2D eigenvalue weighted by Gasteiger charge is -2.35. The van der Waals surface area contributed by atoms with Gasteiger partial charge in [-0.1, -0.05) is 26.8 Å². The quantitative estimate of drug-likeness (QED) is 0.555. The number of morpholine rings is 1. The van der Waals surface area contributed by atoms with E-state index in [1.807, 2.05) is 13.1 Å². The van der Waals surface area contributed by atoms with Crippen LogP contribution >= 0.6 is 12.4 Å². The molecular weight excluding hydrogens is 450 g/mol. The van der Waals surface area contributed by atoms with E-state index in [2.05, 4.69) is 59.1 Å². The molecule has 8 heteroatoms. The molecule has 1 aromatic carbocycles. The molecule has 0 radical (unpaired) electrons. The summed E-state index contributed by atoms with van der Waals surface area (Å²) in [5, 5.41) is 9.07. The summed E-state index contributed by atoms with van der Waals surface area (Å²) in [4.78, 5) is 20.9. The van der Waals surface area contributed by atoms with E-state index in [0.717, 1.165) is 60.3 Å². The fraction of sp³-hybridized carbons (Fsp3) is 0.538. The zero-order chi connectivity index (χ0) is 23.2. The van der Waals surface area contributed by atoms with E-state index in [4.69, 9.17) is 4.74 Å². The van der Waals surface area contributed by atoms with Crippen LogP contribution in [0.5, 0.6) is 0 Å². The van der Waals surface area contributed by atoms with Crippen molar-refractivity contribution in [1.82, 2.24) is 20.1 Å². The molecule has 2 aromatic heterocycles. The minimum Gasteiger partial charge on any atom is -0.379 e. The van der Waals surface area contributed by atoms with E-state index in [-0.39, 0.29) is 24.4 Å². The topological polar surface area (TPSA) is 77.2 Å². The summed E-state index contributed by atoms with van der Waals surface area (Å²) < 4.78 is 5.47. The van der Waals surface area contributed by atoms with E-state index in [0.29, 0.717) is 18.6 Å². The van der Waals surface area contributed by atoms with Gasteiger partial charge in [0, 0.05) is 48.0 Å². The Morgan fingerprint density at radius 3 is 2.76 bits per heavy atom. The lowest BCUT2D eigenvalue weighted by molar-refractivity contribution is -0.125. The van der Waals surface area contributed by atoms with Gasteiger partial charge in [-0.15, -0.1) is 12.4 Å². The average molecular weight is 486 g/mol. The Bertz CT molecular complexity index is 1160. The summed E-state index contributed by atoms with van der Waals surface area (Å²) in [6, 6.07) is 8.25. The van der Waals surface area contributed by atoms with Gasteiger partial charge in [0.15, 0.2) is 0 Å². The standard InChI is InChI=1S/C26H35N5O2.ClH/c1-5-23(31-10-12-33-13-11-31)25(32)30(4)18-7-6-17-14-21(27-20(17)15-18)24-19-8-9-26(2,3)16-22(19)28-29-24;/h6-7,14-15,23,27H,5,8-13,16H2,1-4H3,(H,28,29);1H/t23-;/m1./s1. The number of carbonyl (C=O) groups excluding carboxylic acids is 1. The summed E-state index contributed by atoms with van der Waals surface area (Å²) in [7, 11) is 1.88. The number of halogens is 1. The third-order valence-electron chi connectivity index (χ3n) is 7.40. The van der Waals surface area contributed by atoms with Crippen LogP contribution in [0.4, 0.5) is 5.69 Å². The van der Waals surface area contributed by atoms with Crippen LogP contribution in [-0.4, -0.2) is 65.4 Å². The summed E-state index contributed by atoms with van der Waals surface area (Å²) in [6.07, 6.45) is 4.05. The number of nitrogens with one attached hydrogen (secondary N) is 2. The molecule has 0 spiro atoms. The number of fused-ring (bicyclic) bond motifs is 2. The van der Waals surface area contributed by atoms with E-state index in [9.17, 15) is 4.79 Å². The second kappa shape index (κ2) is 9.72. The largest absolute Gasteiger partial charge is 0.379 e. The minimum atomic E-state index is -0.117. The highest BCUT2D eigenvalue weighted by Crippen LogP contribution is 2.38. The molecular formula is C26H36ClN5O2. The van der Waals surface area contributed by atoms with Gasteiger partial charge < -0.3 is 14.6 Å². The van der Waals surface area contributed by atoms with Crippen LogP contribution in [0.3, 0.4) is 0 Å². The molecule has 3 heterocycles. The molecule has 5 rings (SSSR count). The van der Waals surface area contributed by atoms with Crippen molar-refractivity contribution in [3.05, 3.63) is 35.5 Å². The van der Waals surface area contributed by atoms with Gasteiger partial charge in [-0.2, -0.15) is 5.10 Å². The van der Waals surface area contributed by atoms with E-state index in [1.165, 1.54) is 17.7 Å². The van der Waals surface area contributed by atoms with Gasteiger partial charge in [0.2, 0.25) is 5.91 Å². The maximum absolute atomic E-state index is 13.3. The van der Waals surface area contributed by atoms with Crippen LogP contribution in [0, 0.1) is 5.41 Å². The molecule has 34 heavy (non-hydrogen) atoms. The Labute approximate surface area is 207 Å². The number of nitrogens with zero attached hydrogens (tertiary/aromatic N) is 3. The van der Waals surface area contributed by atoms with E-state index >= 15 is 0 Å². The molecule has 184 valence electrons. The Morgan fingerprint density at radius 2 is 2.03 bits per heavy atom. The zero-order valence-electron chi connectivity index (χ0n) is 20.6. The number of ether oxygens (including phenoxy) is 1. The first-order valence-electron chi connectivity index (χ1n) is 12.1. The maximum atomic E-state index is 13.3. The second-order valence-electron chi connectivity index (χ2n) is 10.3. The molecule has 7 nitrogen and oxygen atoms in total. The first kappa shape index (κ1) is 24.8. The minimum absolute atomic E-state index is 0. The van der Waals surface area contributed by atoms with Crippen molar-refractivity contribution in [2.75, 3.05) is 38.3 Å². The lowest BCUT2D eigenvalue weighted by atomic mass is 9.76. The van der Waals surface area contributed by atoms with Crippen molar-refractivity contribution < 1.29 is 9.53 Å². The number of aromatic amines is 2. The Balaban J connectivity index is 0.00000274. The average Bonchev–Trinajstić information content (AvgIpc) is 3.41. The van der Waals surface area contributed by atoms with Crippen molar-refractivity contribution in [2.45, 2.75) is 52.5 Å². The Hall–Kier alpha value is -2.35. The molecule has 1 atom stereocenters. The first-order valence-corrected chi connectivity index (χ1v) is 12.1. The van der Waals surface area contributed by atoms with Gasteiger partial charge in [-0.25, -0.2) is 0 Å². The first-order chi connectivity index (χ1) is 15.9. The van der Waals surface area contributed by atoms with Crippen molar-refractivity contribution >= 4 is 34.9 Å². The second-order valence-corrected chi connectivity index (χ2v) is 10.3. The monoisotopic (exact) mass is 485 g/mol. The number of hydrogen-bond donors (Lipinski definition) is 2. The van der Waals surface area contributed by atoms with Gasteiger partial charge in [0.1, 0.15) is 5.69 Å². The SMILES string of the molecule is CC[C@H](C(=O)N(C)c1ccc2cc(-c3n[nH]c4c3CCC(C)(C)C4)[nH]c2c1)N1CCOCC1.Cl. The number of benzene rings is 1. The molecule has 0 bridgehead atoms. The normalized spacial score (nSPS) is 18.8. The van der Waals surface area contributed by atoms with Crippen LogP contribution in [0.1, 0.15) is 44.9 Å². The number of carbonyl (C=O) groups is 1. The smallest absolute Gasteiger partial charge is 0.244 e. The van der Waals surface area contributed by atoms with Crippen LogP contribution < -0.4 is 4.90 Å². The fourth-order valence-electron chi connectivity index (χ4n) is 5.35. The molecule has 2 aliphatic rings. The van der Waals surface area contributed by atoms with Crippen LogP contribution in [0.15, 0.2) is 24.3 Å². The summed E-state index contributed by atoms with van der Waals surface area (Å²) in [5.41, 5.74) is 6.91. The van der Waals surface area contributed by atoms with Crippen molar-refractivity contribution in [1.29, 1.82) is 0 Å². The number of likely N-dealkylation sites (N-methyl/N-ethyl adjacent to an activating group) is 1. The third-order valence-corrected chi connectivity index (χ3v) is 7.40. The van der Waals surface area contributed by atoms with Crippen LogP contribution in [0.25, 0.3) is 22.3 Å². The molecule has 1 aliphatic carbocycles. The fourth-order valence-corrected chi connectivity index (χ4v) is 5.35. The van der Waals surface area contributed by atoms with Gasteiger partial charge >= 0.3 is 0 Å². The van der Waals surface area contributed by atoms with Crippen molar-refractivity contribution in [3.8, 4) is 11.4 Å². The number of anilines is 1. The summed E-state index contributed by atoms with van der Waals surface area (Å²) >= 11 is 0. The van der Waals surface area contributed by atoms with Gasteiger partial charge in [-0.05, 0) is 49.3 Å². The molecule has 1 amide bonds. The molecule has 0 saturated carbocycles. The highest BCUT2D eigenvalue weighted by molar-refractivity contribution is 5.99. The summed E-state index contributed by atoms with van der Waals surface area (Å²) in [5.74, 6) is 0.134. The maximum Gasteiger partial charge on any atom is 0.244 e. The van der Waals surface area contributed by atoms with Crippen molar-refractivity contribution in [2.24, 2.45) is 5.41 Å². The van der Waals surface area contributed by atoms with Gasteiger partial charge in [-0.3, -0.25) is 14.8 Å². The number of aromatic nitrogens is 3. The molecule has 3 aromatic rings. The number of rotatable bonds is 5. The van der Waals surface area contributed by atoms with E-state index in [1.54, 1.807) is 4.90 Å². The number of amides is 1. The predicted molar refractivity (Wildman–Crippen MR) is 139 cm³/mol. The van der Waals surface area contributed by atoms with E-state index < -0.39 is 0 Å². The van der Waals surface area contributed by atoms with Crippen LogP contribution in [-0.2, 0) is 22.4 Å². The number of H-pyrrole nitrogens is 2. The molecule has 2 N–H and O–H groups in total. The zero-order valence-corrected chi connectivity index (χ0v) is 21.4. The summed E-state index contributed by atoms with van der Waals surface area (Å²) in [6.45, 7) is 9.72. The third kappa shape index (κ3) is 4.61. The molecule has 1 fully saturated rings. The molecule has 1 saturated heterocycles. The lowest BCUT2D eigenvalue weighted by Crippen LogP contribution is -2.51. The van der Waals surface area contributed by atoms with Crippen LogP contribution in [0.2, 0.25) is 0 Å². The Kier molecular flexibility index (Phi) is 7.08. The highest BCUT2D eigenvalue weighted by atomic mass is 35.5. The molecule has 0 unspecified atom stereocenters. The predicted octanol–water partition coefficient (Wildman–Crippen LogP) is 4.57. The van der Waals surface area contributed by atoms with Crippen molar-refractivity contribution in [3.63, 3.8) is 0 Å². The van der Waals surface area contributed by atoms with Gasteiger partial charge in [0.25, 0.3) is 0 Å².